The Bertz CT molecular complexity index is 1190. The molecule has 186 valence electrons. The molecule has 0 spiro atoms. The van der Waals surface area contributed by atoms with Gasteiger partial charge in [0.15, 0.2) is 0 Å². The number of hydrogen-bond acceptors (Lipinski definition) is 4. The number of carbonyl (C=O) groups is 1. The molecule has 0 aromatic heterocycles. The van der Waals surface area contributed by atoms with E-state index in [0.29, 0.717) is 24.2 Å². The van der Waals surface area contributed by atoms with Gasteiger partial charge in [-0.2, -0.15) is 14.0 Å². The van der Waals surface area contributed by atoms with Gasteiger partial charge < -0.3 is 9.64 Å². The van der Waals surface area contributed by atoms with Gasteiger partial charge in [-0.05, 0) is 49.1 Å². The summed E-state index contributed by atoms with van der Waals surface area (Å²) in [6, 6.07) is 25.9. The van der Waals surface area contributed by atoms with Crippen LogP contribution in [0.1, 0.15) is 39.9 Å². The van der Waals surface area contributed by atoms with Crippen LogP contribution in [0.25, 0.3) is 0 Å². The topological polar surface area (TPSA) is 56.6 Å². The lowest BCUT2D eigenvalue weighted by Crippen LogP contribution is -2.48. The van der Waals surface area contributed by atoms with Crippen LogP contribution >= 0.6 is 0 Å². The molecule has 0 N–H and O–H groups in total. The van der Waals surface area contributed by atoms with Gasteiger partial charge in [0.25, 0.3) is 5.91 Å². The fraction of sp³-hybridized carbons (Fsp3) is 0.310. The van der Waals surface area contributed by atoms with Crippen molar-refractivity contribution in [2.45, 2.75) is 38.5 Å². The second kappa shape index (κ2) is 12.3. The van der Waals surface area contributed by atoms with E-state index in [0.717, 1.165) is 43.5 Å². The van der Waals surface area contributed by atoms with E-state index in [1.807, 2.05) is 35.2 Å². The molecule has 0 bridgehead atoms. The maximum atomic E-state index is 13.6. The molecule has 0 aliphatic carbocycles. The van der Waals surface area contributed by atoms with E-state index in [2.05, 4.69) is 27.8 Å². The summed E-state index contributed by atoms with van der Waals surface area (Å²) >= 11 is 0. The van der Waals surface area contributed by atoms with Gasteiger partial charge in [-0.3, -0.25) is 9.69 Å². The normalized spacial score (nSPS) is 14.4. The highest BCUT2D eigenvalue weighted by Gasteiger charge is 2.29. The zero-order chi connectivity index (χ0) is 25.3. The molecule has 0 radical (unpaired) electrons. The van der Waals surface area contributed by atoms with Crippen molar-refractivity contribution in [1.29, 1.82) is 5.26 Å². The second-order valence-electron chi connectivity index (χ2n) is 8.92. The fourth-order valence-electron chi connectivity index (χ4n) is 4.71. The van der Waals surface area contributed by atoms with Crippen LogP contribution in [0.15, 0.2) is 78.9 Å². The summed E-state index contributed by atoms with van der Waals surface area (Å²) < 4.78 is 30.3. The van der Waals surface area contributed by atoms with E-state index in [1.165, 1.54) is 0 Å². The summed E-state index contributed by atoms with van der Waals surface area (Å²) in [6.07, 6.45) is 2.29. The van der Waals surface area contributed by atoms with Crippen LogP contribution in [0.2, 0.25) is 0 Å². The molecule has 1 aliphatic heterocycles. The van der Waals surface area contributed by atoms with Crippen LogP contribution in [0.3, 0.4) is 0 Å². The monoisotopic (exact) mass is 489 g/mol. The minimum atomic E-state index is -2.86. The van der Waals surface area contributed by atoms with Gasteiger partial charge in [0.05, 0.1) is 11.6 Å². The van der Waals surface area contributed by atoms with Crippen molar-refractivity contribution in [2.75, 3.05) is 19.6 Å². The summed E-state index contributed by atoms with van der Waals surface area (Å²) in [4.78, 5) is 17.7. The van der Waals surface area contributed by atoms with Crippen molar-refractivity contribution in [3.63, 3.8) is 0 Å². The van der Waals surface area contributed by atoms with E-state index in [-0.39, 0.29) is 17.7 Å². The highest BCUT2D eigenvalue weighted by molar-refractivity contribution is 5.94. The van der Waals surface area contributed by atoms with Crippen LogP contribution in [-0.4, -0.2) is 48.0 Å². The number of amides is 1. The molecule has 36 heavy (non-hydrogen) atoms. The molecular formula is C29H29F2N3O2. The van der Waals surface area contributed by atoms with Gasteiger partial charge in [-0.25, -0.2) is 0 Å². The Morgan fingerprint density at radius 2 is 1.75 bits per heavy atom. The lowest BCUT2D eigenvalue weighted by molar-refractivity contribution is -0.0508. The Balaban J connectivity index is 1.45. The van der Waals surface area contributed by atoms with Crippen LogP contribution in [0.5, 0.6) is 5.75 Å². The van der Waals surface area contributed by atoms with Crippen molar-refractivity contribution in [1.82, 2.24) is 9.80 Å². The number of piperidine rings is 1. The Labute approximate surface area is 210 Å². The van der Waals surface area contributed by atoms with E-state index in [4.69, 9.17) is 0 Å². The molecule has 4 rings (SSSR count). The zero-order valence-corrected chi connectivity index (χ0v) is 20.0. The fourth-order valence-corrected chi connectivity index (χ4v) is 4.71. The van der Waals surface area contributed by atoms with E-state index >= 15 is 0 Å². The predicted octanol–water partition coefficient (Wildman–Crippen LogP) is 5.51. The summed E-state index contributed by atoms with van der Waals surface area (Å²) in [7, 11) is 0. The van der Waals surface area contributed by atoms with Gasteiger partial charge in [0, 0.05) is 43.3 Å². The Kier molecular flexibility index (Phi) is 8.64. The van der Waals surface area contributed by atoms with Gasteiger partial charge >= 0.3 is 6.61 Å². The number of halogens is 2. The average Bonchev–Trinajstić information content (AvgIpc) is 2.91. The smallest absolute Gasteiger partial charge is 0.387 e. The van der Waals surface area contributed by atoms with Crippen LogP contribution < -0.4 is 4.74 Å². The lowest BCUT2D eigenvalue weighted by atomic mass is 9.99. The van der Waals surface area contributed by atoms with E-state index < -0.39 is 6.61 Å². The average molecular weight is 490 g/mol. The van der Waals surface area contributed by atoms with Crippen molar-refractivity contribution in [3.8, 4) is 11.8 Å². The third kappa shape index (κ3) is 6.67. The zero-order valence-electron chi connectivity index (χ0n) is 20.0. The number of benzene rings is 3. The van der Waals surface area contributed by atoms with Crippen molar-refractivity contribution < 1.29 is 18.3 Å². The maximum absolute atomic E-state index is 13.6. The van der Waals surface area contributed by atoms with Gasteiger partial charge in [-0.15, -0.1) is 0 Å². The molecule has 1 saturated heterocycles. The minimum Gasteiger partial charge on any atom is -0.434 e. The molecule has 3 aromatic carbocycles. The first-order chi connectivity index (χ1) is 17.5. The molecule has 1 aliphatic rings. The van der Waals surface area contributed by atoms with Crippen LogP contribution in [0.4, 0.5) is 8.78 Å². The highest BCUT2D eigenvalue weighted by Crippen LogP contribution is 2.25. The molecule has 5 nitrogen and oxygen atoms in total. The van der Waals surface area contributed by atoms with Gasteiger partial charge in [-0.1, -0.05) is 54.6 Å². The number of ether oxygens (including phenoxy) is 1. The number of carbonyl (C=O) groups excluding carboxylic acids is 1. The Morgan fingerprint density at radius 3 is 2.47 bits per heavy atom. The molecule has 1 heterocycles. The standard InChI is InChI=1S/C29H29F2N3O2/c30-29(31)36-27-12-5-4-10-25(27)21-33-16-14-26(15-17-33)34(18-13-22-7-2-1-3-8-22)28(35)24-11-6-9-23(19-24)20-32/h1-12,19,26,29H,13-18,21H2. The highest BCUT2D eigenvalue weighted by atomic mass is 19.3. The Hall–Kier alpha value is -3.76. The first-order valence-corrected chi connectivity index (χ1v) is 12.1. The third-order valence-corrected chi connectivity index (χ3v) is 6.56. The molecule has 0 atom stereocenters. The molecule has 7 heteroatoms. The molecule has 1 amide bonds. The van der Waals surface area contributed by atoms with E-state index in [1.54, 1.807) is 36.4 Å². The SMILES string of the molecule is N#Cc1cccc(C(=O)N(CCc2ccccc2)C2CCN(Cc3ccccc3OC(F)F)CC2)c1. The second-order valence-corrected chi connectivity index (χ2v) is 8.92. The number of hydrogen-bond donors (Lipinski definition) is 0. The number of nitriles is 1. The van der Waals surface area contributed by atoms with Crippen LogP contribution in [-0.2, 0) is 13.0 Å². The first kappa shape index (κ1) is 25.3. The Morgan fingerprint density at radius 1 is 1.03 bits per heavy atom. The number of nitrogens with zero attached hydrogens (tertiary/aromatic N) is 3. The number of alkyl halides is 2. The van der Waals surface area contributed by atoms with Crippen LogP contribution in [0, 0.1) is 11.3 Å². The first-order valence-electron chi connectivity index (χ1n) is 12.1. The largest absolute Gasteiger partial charge is 0.434 e. The molecule has 3 aromatic rings. The number of likely N-dealkylation sites (tertiary alicyclic amines) is 1. The lowest BCUT2D eigenvalue weighted by Gasteiger charge is -2.39. The summed E-state index contributed by atoms with van der Waals surface area (Å²) in [6.45, 7) is -0.296. The van der Waals surface area contributed by atoms with Gasteiger partial charge in [0.2, 0.25) is 0 Å². The van der Waals surface area contributed by atoms with Gasteiger partial charge in [0.1, 0.15) is 5.75 Å². The number of rotatable bonds is 9. The third-order valence-electron chi connectivity index (χ3n) is 6.56. The quantitative estimate of drug-likeness (QED) is 0.398. The number of para-hydroxylation sites is 1. The molecule has 0 unspecified atom stereocenters. The summed E-state index contributed by atoms with van der Waals surface area (Å²) in [5, 5.41) is 9.27. The summed E-state index contributed by atoms with van der Waals surface area (Å²) in [5.41, 5.74) is 2.86. The van der Waals surface area contributed by atoms with Crippen molar-refractivity contribution in [2.24, 2.45) is 0 Å². The summed E-state index contributed by atoms with van der Waals surface area (Å²) in [5.74, 6) is 0.129. The predicted molar refractivity (Wildman–Crippen MR) is 134 cm³/mol. The minimum absolute atomic E-state index is 0.0516. The maximum Gasteiger partial charge on any atom is 0.387 e. The van der Waals surface area contributed by atoms with Crippen molar-refractivity contribution >= 4 is 5.91 Å². The van der Waals surface area contributed by atoms with E-state index in [9.17, 15) is 18.8 Å². The molecule has 0 saturated carbocycles. The van der Waals surface area contributed by atoms with Crippen molar-refractivity contribution in [3.05, 3.63) is 101 Å². The molecule has 1 fully saturated rings. The molecular weight excluding hydrogens is 460 g/mol.